The minimum absolute atomic E-state index is 0.112. The normalized spacial score (nSPS) is 17.3. The molecular formula is C19H21N5OS. The molecule has 1 amide bonds. The number of hydrogen-bond donors (Lipinski definition) is 1. The van der Waals surface area contributed by atoms with Crippen molar-refractivity contribution in [2.24, 2.45) is 0 Å². The Morgan fingerprint density at radius 1 is 1.23 bits per heavy atom. The van der Waals surface area contributed by atoms with Crippen molar-refractivity contribution in [2.75, 3.05) is 6.54 Å². The monoisotopic (exact) mass is 367 g/mol. The van der Waals surface area contributed by atoms with Crippen molar-refractivity contribution in [3.63, 3.8) is 0 Å². The summed E-state index contributed by atoms with van der Waals surface area (Å²) in [4.78, 5) is 20.8. The van der Waals surface area contributed by atoms with Crippen LogP contribution in [-0.4, -0.2) is 32.2 Å². The van der Waals surface area contributed by atoms with E-state index in [1.165, 1.54) is 11.1 Å². The first-order chi connectivity index (χ1) is 12.6. The zero-order valence-electron chi connectivity index (χ0n) is 14.9. The Morgan fingerprint density at radius 2 is 2.04 bits per heavy atom. The van der Waals surface area contributed by atoms with Crippen molar-refractivity contribution in [1.82, 2.24) is 25.1 Å². The van der Waals surface area contributed by atoms with Gasteiger partial charge in [-0.25, -0.2) is 14.6 Å². The summed E-state index contributed by atoms with van der Waals surface area (Å²) in [6, 6.07) is 8.46. The van der Waals surface area contributed by atoms with E-state index >= 15 is 0 Å². The van der Waals surface area contributed by atoms with E-state index in [0.717, 1.165) is 22.9 Å². The van der Waals surface area contributed by atoms with E-state index in [9.17, 15) is 4.79 Å². The van der Waals surface area contributed by atoms with Gasteiger partial charge in [-0.15, -0.1) is 16.4 Å². The molecule has 2 aromatic heterocycles. The predicted octanol–water partition coefficient (Wildman–Crippen LogP) is 3.06. The quantitative estimate of drug-likeness (QED) is 0.769. The van der Waals surface area contributed by atoms with Crippen LogP contribution in [-0.2, 0) is 11.3 Å². The van der Waals surface area contributed by atoms with Gasteiger partial charge in [0.05, 0.1) is 11.6 Å². The van der Waals surface area contributed by atoms with Crippen molar-refractivity contribution in [3.8, 4) is 11.5 Å². The first-order valence-corrected chi connectivity index (χ1v) is 9.66. The maximum Gasteiger partial charge on any atom is 0.220 e. The van der Waals surface area contributed by atoms with Crippen LogP contribution in [0, 0.1) is 13.8 Å². The fraction of sp³-hybridized carbons (Fsp3) is 0.368. The van der Waals surface area contributed by atoms with Crippen LogP contribution < -0.4 is 5.32 Å². The molecule has 0 aliphatic carbocycles. The number of hydrogen-bond acceptors (Lipinski definition) is 5. The van der Waals surface area contributed by atoms with Gasteiger partial charge in [0, 0.05) is 24.3 Å². The summed E-state index contributed by atoms with van der Waals surface area (Å²) in [5.41, 5.74) is 3.24. The lowest BCUT2D eigenvalue weighted by atomic mass is 9.98. The molecule has 7 heteroatoms. The maximum absolute atomic E-state index is 11.5. The molecule has 3 aromatic rings. The van der Waals surface area contributed by atoms with Gasteiger partial charge in [-0.05, 0) is 25.8 Å². The summed E-state index contributed by atoms with van der Waals surface area (Å²) in [7, 11) is 0. The number of carbonyl (C=O) groups excluding carboxylic acids is 1. The van der Waals surface area contributed by atoms with Crippen molar-refractivity contribution in [2.45, 2.75) is 39.2 Å². The molecule has 0 bridgehead atoms. The number of piperidine rings is 1. The van der Waals surface area contributed by atoms with Crippen LogP contribution in [0.4, 0.5) is 0 Å². The van der Waals surface area contributed by atoms with Crippen molar-refractivity contribution < 1.29 is 4.79 Å². The topological polar surface area (TPSA) is 72.7 Å². The summed E-state index contributed by atoms with van der Waals surface area (Å²) in [5.74, 6) is 1.87. The predicted molar refractivity (Wildman–Crippen MR) is 101 cm³/mol. The highest BCUT2D eigenvalue weighted by Crippen LogP contribution is 2.26. The molecule has 1 fully saturated rings. The second-order valence-electron chi connectivity index (χ2n) is 6.73. The molecule has 134 valence electrons. The fourth-order valence-electron chi connectivity index (χ4n) is 3.17. The second kappa shape index (κ2) is 6.99. The SMILES string of the molecule is Cc1ccc(Cn2nc(-c3csc(C)n3)nc2[C@H]2CCC(=O)NC2)cc1. The molecule has 1 atom stereocenters. The molecule has 1 aliphatic rings. The van der Waals surface area contributed by atoms with E-state index in [1.54, 1.807) is 11.3 Å². The number of benzene rings is 1. The Hall–Kier alpha value is -2.54. The number of thiazole rings is 1. The highest BCUT2D eigenvalue weighted by atomic mass is 32.1. The summed E-state index contributed by atoms with van der Waals surface area (Å²) < 4.78 is 1.97. The molecule has 0 radical (unpaired) electrons. The molecule has 1 aromatic carbocycles. The minimum Gasteiger partial charge on any atom is -0.355 e. The van der Waals surface area contributed by atoms with Gasteiger partial charge in [-0.3, -0.25) is 4.79 Å². The van der Waals surface area contributed by atoms with Gasteiger partial charge in [0.1, 0.15) is 11.5 Å². The average molecular weight is 367 g/mol. The summed E-state index contributed by atoms with van der Waals surface area (Å²) in [5, 5.41) is 10.7. The molecule has 1 N–H and O–H groups in total. The highest BCUT2D eigenvalue weighted by molar-refractivity contribution is 7.09. The van der Waals surface area contributed by atoms with E-state index in [-0.39, 0.29) is 11.8 Å². The number of aryl methyl sites for hydroxylation is 2. The molecule has 0 unspecified atom stereocenters. The Morgan fingerprint density at radius 3 is 2.69 bits per heavy atom. The highest BCUT2D eigenvalue weighted by Gasteiger charge is 2.26. The van der Waals surface area contributed by atoms with E-state index in [2.05, 4.69) is 41.5 Å². The number of amides is 1. The Balaban J connectivity index is 1.68. The molecule has 0 saturated carbocycles. The number of nitrogens with zero attached hydrogens (tertiary/aromatic N) is 4. The third-order valence-electron chi connectivity index (χ3n) is 4.63. The third kappa shape index (κ3) is 3.53. The third-order valence-corrected chi connectivity index (χ3v) is 5.41. The van der Waals surface area contributed by atoms with Crippen LogP contribution in [0.2, 0.25) is 0 Å². The number of carbonyl (C=O) groups is 1. The molecule has 4 rings (SSSR count). The Labute approximate surface area is 156 Å². The lowest BCUT2D eigenvalue weighted by Crippen LogP contribution is -2.35. The van der Waals surface area contributed by atoms with Crippen LogP contribution >= 0.6 is 11.3 Å². The van der Waals surface area contributed by atoms with E-state index in [1.807, 2.05) is 17.0 Å². The van der Waals surface area contributed by atoms with Gasteiger partial charge in [-0.2, -0.15) is 0 Å². The first kappa shape index (κ1) is 16.9. The van der Waals surface area contributed by atoms with E-state index in [4.69, 9.17) is 10.1 Å². The Bertz CT molecular complexity index is 918. The summed E-state index contributed by atoms with van der Waals surface area (Å²) in [6.07, 6.45) is 1.33. The van der Waals surface area contributed by atoms with E-state index in [0.29, 0.717) is 25.3 Å². The van der Waals surface area contributed by atoms with Crippen LogP contribution in [0.5, 0.6) is 0 Å². The molecule has 1 aliphatic heterocycles. The van der Waals surface area contributed by atoms with Gasteiger partial charge in [0.25, 0.3) is 0 Å². The summed E-state index contributed by atoms with van der Waals surface area (Å²) in [6.45, 7) is 5.34. The van der Waals surface area contributed by atoms with Crippen LogP contribution in [0.15, 0.2) is 29.6 Å². The standard InChI is InChI=1S/C19H21N5OS/c1-12-3-5-14(6-4-12)10-24-19(15-7-8-17(25)20-9-15)22-18(23-24)16-11-26-13(2)21-16/h3-6,11,15H,7-10H2,1-2H3,(H,20,25)/t15-/m0/s1. The lowest BCUT2D eigenvalue weighted by Gasteiger charge is -2.22. The van der Waals surface area contributed by atoms with Crippen molar-refractivity contribution >= 4 is 17.2 Å². The molecule has 1 saturated heterocycles. The van der Waals surface area contributed by atoms with Crippen molar-refractivity contribution in [1.29, 1.82) is 0 Å². The van der Waals surface area contributed by atoms with Gasteiger partial charge in [-0.1, -0.05) is 29.8 Å². The van der Waals surface area contributed by atoms with Crippen LogP contribution in [0.1, 0.15) is 40.7 Å². The number of aromatic nitrogens is 4. The molecule has 3 heterocycles. The zero-order chi connectivity index (χ0) is 18.1. The smallest absolute Gasteiger partial charge is 0.220 e. The molecule has 0 spiro atoms. The lowest BCUT2D eigenvalue weighted by molar-refractivity contribution is -0.122. The molecule has 6 nitrogen and oxygen atoms in total. The van der Waals surface area contributed by atoms with Gasteiger partial charge in [0.15, 0.2) is 0 Å². The molecule has 26 heavy (non-hydrogen) atoms. The Kier molecular flexibility index (Phi) is 4.55. The van der Waals surface area contributed by atoms with E-state index < -0.39 is 0 Å². The minimum atomic E-state index is 0.112. The number of rotatable bonds is 4. The van der Waals surface area contributed by atoms with Gasteiger partial charge in [0.2, 0.25) is 11.7 Å². The zero-order valence-corrected chi connectivity index (χ0v) is 15.7. The first-order valence-electron chi connectivity index (χ1n) is 8.78. The summed E-state index contributed by atoms with van der Waals surface area (Å²) >= 11 is 1.60. The molecular weight excluding hydrogens is 346 g/mol. The van der Waals surface area contributed by atoms with Crippen LogP contribution in [0.25, 0.3) is 11.5 Å². The fourth-order valence-corrected chi connectivity index (χ4v) is 3.76. The van der Waals surface area contributed by atoms with Crippen LogP contribution in [0.3, 0.4) is 0 Å². The maximum atomic E-state index is 11.5. The average Bonchev–Trinajstić information content (AvgIpc) is 3.24. The number of nitrogens with one attached hydrogen (secondary N) is 1. The largest absolute Gasteiger partial charge is 0.355 e. The van der Waals surface area contributed by atoms with Gasteiger partial charge >= 0.3 is 0 Å². The second-order valence-corrected chi connectivity index (χ2v) is 7.79. The van der Waals surface area contributed by atoms with Gasteiger partial charge < -0.3 is 5.32 Å². The van der Waals surface area contributed by atoms with Crippen molar-refractivity contribution in [3.05, 3.63) is 51.6 Å².